The van der Waals surface area contributed by atoms with Crippen LogP contribution in [0.2, 0.25) is 0 Å². The Morgan fingerprint density at radius 3 is 2.51 bits per heavy atom. The van der Waals surface area contributed by atoms with Crippen molar-refractivity contribution in [2.24, 2.45) is 0 Å². The van der Waals surface area contributed by atoms with Crippen LogP contribution in [-0.4, -0.2) is 33.0 Å². The molecule has 0 saturated carbocycles. The maximum Gasteiger partial charge on any atom is 0.336 e. The molecule has 0 aliphatic carbocycles. The molecule has 2 heterocycles. The van der Waals surface area contributed by atoms with Crippen LogP contribution in [0.1, 0.15) is 23.9 Å². The van der Waals surface area contributed by atoms with E-state index in [4.69, 9.17) is 14.0 Å². The molecular weight excluding hydrogens is 472 g/mol. The fourth-order valence-corrected chi connectivity index (χ4v) is 4.22. The molecule has 0 aliphatic rings. The monoisotopic (exact) mass is 498 g/mol. The summed E-state index contributed by atoms with van der Waals surface area (Å²) in [7, 11) is 1.56. The number of hydrogen-bond donors (Lipinski definition) is 0. The quantitative estimate of drug-likeness (QED) is 0.330. The molecule has 9 heteroatoms. The molecule has 0 aliphatic heterocycles. The highest BCUT2D eigenvalue weighted by atomic mass is 16.5. The van der Waals surface area contributed by atoms with Crippen molar-refractivity contribution in [3.05, 3.63) is 98.5 Å². The number of hydrogen-bond acceptors (Lipinski definition) is 7. The molecule has 2 aromatic heterocycles. The van der Waals surface area contributed by atoms with E-state index in [0.717, 1.165) is 11.1 Å². The van der Waals surface area contributed by atoms with Crippen LogP contribution in [0.4, 0.5) is 0 Å². The highest BCUT2D eigenvalue weighted by Gasteiger charge is 2.18. The summed E-state index contributed by atoms with van der Waals surface area (Å²) in [5, 5.41) is 4.51. The van der Waals surface area contributed by atoms with E-state index < -0.39 is 5.69 Å². The minimum Gasteiger partial charge on any atom is -0.493 e. The summed E-state index contributed by atoms with van der Waals surface area (Å²) < 4.78 is 19.2. The molecule has 3 aromatic carbocycles. The maximum atomic E-state index is 13.7. The smallest absolute Gasteiger partial charge is 0.336 e. The van der Waals surface area contributed by atoms with Gasteiger partial charge in [-0.2, -0.15) is 4.98 Å². The Kier molecular flexibility index (Phi) is 6.35. The van der Waals surface area contributed by atoms with Gasteiger partial charge in [-0.05, 0) is 74.4 Å². The molecule has 0 radical (unpaired) electrons. The van der Waals surface area contributed by atoms with Gasteiger partial charge in [0.1, 0.15) is 6.54 Å². The first kappa shape index (κ1) is 24.1. The van der Waals surface area contributed by atoms with E-state index >= 15 is 0 Å². The van der Waals surface area contributed by atoms with Crippen molar-refractivity contribution >= 4 is 10.9 Å². The minimum absolute atomic E-state index is 0.00830. The first-order chi connectivity index (χ1) is 17.9. The molecular formula is C28H26N4O5. The van der Waals surface area contributed by atoms with Gasteiger partial charge >= 0.3 is 5.69 Å². The van der Waals surface area contributed by atoms with Crippen molar-refractivity contribution in [1.82, 2.24) is 19.3 Å². The number of aromatic nitrogens is 4. The molecule has 0 spiro atoms. The molecule has 5 rings (SSSR count). The Hall–Kier alpha value is -4.66. The Morgan fingerprint density at radius 2 is 1.76 bits per heavy atom. The zero-order valence-corrected chi connectivity index (χ0v) is 21.0. The van der Waals surface area contributed by atoms with Gasteiger partial charge < -0.3 is 14.0 Å². The van der Waals surface area contributed by atoms with Crippen molar-refractivity contribution in [1.29, 1.82) is 0 Å². The van der Waals surface area contributed by atoms with Crippen molar-refractivity contribution in [2.45, 2.75) is 27.3 Å². The second kappa shape index (κ2) is 9.77. The predicted octanol–water partition coefficient (Wildman–Crippen LogP) is 4.27. The summed E-state index contributed by atoms with van der Waals surface area (Å²) >= 11 is 0. The molecule has 0 unspecified atom stereocenters. The molecule has 0 bridgehead atoms. The SMILES string of the molecule is CCOc1ccc(-c2noc(Cn3c(=O)n(-c4ccc(C)c(C)c4)c(=O)c4ccccc43)n2)cc1OC. The number of fused-ring (bicyclic) bond motifs is 1. The van der Waals surface area contributed by atoms with Crippen LogP contribution < -0.4 is 20.7 Å². The lowest BCUT2D eigenvalue weighted by Crippen LogP contribution is -2.39. The number of rotatable bonds is 7. The normalized spacial score (nSPS) is 11.1. The lowest BCUT2D eigenvalue weighted by Gasteiger charge is -2.13. The van der Waals surface area contributed by atoms with Crippen LogP contribution in [0.5, 0.6) is 11.5 Å². The first-order valence-corrected chi connectivity index (χ1v) is 11.9. The molecule has 5 aromatic rings. The van der Waals surface area contributed by atoms with Gasteiger partial charge in [0.25, 0.3) is 5.56 Å². The lowest BCUT2D eigenvalue weighted by molar-refractivity contribution is 0.311. The fraction of sp³-hybridized carbons (Fsp3) is 0.214. The van der Waals surface area contributed by atoms with Crippen LogP contribution in [0, 0.1) is 13.8 Å². The average Bonchev–Trinajstić information content (AvgIpc) is 3.38. The van der Waals surface area contributed by atoms with Crippen molar-refractivity contribution in [3.63, 3.8) is 0 Å². The van der Waals surface area contributed by atoms with Crippen LogP contribution in [-0.2, 0) is 6.54 Å². The van der Waals surface area contributed by atoms with Gasteiger partial charge in [0, 0.05) is 5.56 Å². The summed E-state index contributed by atoms with van der Waals surface area (Å²) in [5.74, 6) is 1.73. The number of methoxy groups -OCH3 is 1. The average molecular weight is 499 g/mol. The van der Waals surface area contributed by atoms with E-state index in [1.54, 1.807) is 49.6 Å². The van der Waals surface area contributed by atoms with Crippen LogP contribution in [0.3, 0.4) is 0 Å². The van der Waals surface area contributed by atoms with E-state index in [2.05, 4.69) is 10.1 Å². The molecule has 0 N–H and O–H groups in total. The standard InChI is InChI=1S/C28H26N4O5/c1-5-36-23-13-11-19(15-24(23)35-4)26-29-25(37-30-26)16-31-22-9-7-6-8-21(22)27(33)32(28(31)34)20-12-10-17(2)18(3)14-20/h6-15H,5,16H2,1-4H3. The topological polar surface area (TPSA) is 101 Å². The van der Waals surface area contributed by atoms with Gasteiger partial charge in [-0.1, -0.05) is 23.4 Å². The largest absolute Gasteiger partial charge is 0.493 e. The summed E-state index contributed by atoms with van der Waals surface area (Å²) in [6.07, 6.45) is 0. The third-order valence-electron chi connectivity index (χ3n) is 6.28. The second-order valence-electron chi connectivity index (χ2n) is 8.61. The molecule has 0 atom stereocenters. The third-order valence-corrected chi connectivity index (χ3v) is 6.28. The Bertz CT molecular complexity index is 1730. The Morgan fingerprint density at radius 1 is 0.946 bits per heavy atom. The van der Waals surface area contributed by atoms with Crippen LogP contribution in [0.15, 0.2) is 74.8 Å². The Balaban J connectivity index is 1.59. The molecule has 37 heavy (non-hydrogen) atoms. The summed E-state index contributed by atoms with van der Waals surface area (Å²) in [6, 6.07) is 17.8. The number of para-hydroxylation sites is 1. The minimum atomic E-state index is -0.491. The van der Waals surface area contributed by atoms with E-state index in [9.17, 15) is 9.59 Å². The highest BCUT2D eigenvalue weighted by molar-refractivity contribution is 5.78. The van der Waals surface area contributed by atoms with E-state index in [-0.39, 0.29) is 18.0 Å². The molecule has 0 saturated heterocycles. The van der Waals surface area contributed by atoms with Gasteiger partial charge in [0.15, 0.2) is 11.5 Å². The predicted molar refractivity (Wildman–Crippen MR) is 140 cm³/mol. The van der Waals surface area contributed by atoms with E-state index in [1.165, 1.54) is 9.13 Å². The molecule has 0 amide bonds. The highest BCUT2D eigenvalue weighted by Crippen LogP contribution is 2.31. The lowest BCUT2D eigenvalue weighted by atomic mass is 10.1. The van der Waals surface area contributed by atoms with Crippen LogP contribution in [0.25, 0.3) is 28.0 Å². The first-order valence-electron chi connectivity index (χ1n) is 11.9. The molecule has 0 fully saturated rings. The van der Waals surface area contributed by atoms with Gasteiger partial charge in [-0.15, -0.1) is 0 Å². The van der Waals surface area contributed by atoms with Crippen LogP contribution >= 0.6 is 0 Å². The zero-order chi connectivity index (χ0) is 26.1. The molecule has 9 nitrogen and oxygen atoms in total. The number of benzene rings is 3. The van der Waals surface area contributed by atoms with Gasteiger partial charge in [0.2, 0.25) is 11.7 Å². The van der Waals surface area contributed by atoms with Gasteiger partial charge in [-0.25, -0.2) is 9.36 Å². The van der Waals surface area contributed by atoms with E-state index in [0.29, 0.717) is 46.1 Å². The van der Waals surface area contributed by atoms with Crippen molar-refractivity contribution in [2.75, 3.05) is 13.7 Å². The zero-order valence-electron chi connectivity index (χ0n) is 21.0. The maximum absolute atomic E-state index is 13.7. The number of nitrogens with zero attached hydrogens (tertiary/aromatic N) is 4. The summed E-state index contributed by atoms with van der Waals surface area (Å²) in [5.41, 5.74) is 2.85. The summed E-state index contributed by atoms with van der Waals surface area (Å²) in [4.78, 5) is 31.5. The van der Waals surface area contributed by atoms with Gasteiger partial charge in [-0.3, -0.25) is 9.36 Å². The number of aryl methyl sites for hydroxylation is 2. The fourth-order valence-electron chi connectivity index (χ4n) is 4.22. The van der Waals surface area contributed by atoms with Crippen molar-refractivity contribution in [3.8, 4) is 28.6 Å². The Labute approximate surface area is 212 Å². The van der Waals surface area contributed by atoms with Crippen molar-refractivity contribution < 1.29 is 14.0 Å². The number of ether oxygens (including phenoxy) is 2. The van der Waals surface area contributed by atoms with E-state index in [1.807, 2.05) is 39.0 Å². The summed E-state index contributed by atoms with van der Waals surface area (Å²) in [6.45, 7) is 6.32. The van der Waals surface area contributed by atoms with Gasteiger partial charge in [0.05, 0.1) is 30.3 Å². The second-order valence-corrected chi connectivity index (χ2v) is 8.61. The molecule has 188 valence electrons. The third kappa shape index (κ3) is 4.40.